The van der Waals surface area contributed by atoms with Crippen molar-refractivity contribution in [2.24, 2.45) is 0 Å². The third-order valence-corrected chi connectivity index (χ3v) is 2.50. The highest BCUT2D eigenvalue weighted by atomic mass is 16.5. The Labute approximate surface area is 99.7 Å². The molecule has 1 heterocycles. The maximum atomic E-state index is 11.6. The van der Waals surface area contributed by atoms with E-state index in [-0.39, 0.29) is 24.7 Å². The number of aromatic amines is 1. The number of ether oxygens (including phenoxy) is 1. The summed E-state index contributed by atoms with van der Waals surface area (Å²) in [6, 6.07) is 0. The van der Waals surface area contributed by atoms with Crippen molar-refractivity contribution in [2.45, 2.75) is 26.7 Å². The second-order valence-electron chi connectivity index (χ2n) is 3.77. The van der Waals surface area contributed by atoms with E-state index in [1.165, 1.54) is 7.11 Å². The Hall–Kier alpha value is -1.85. The lowest BCUT2D eigenvalue weighted by atomic mass is 10.1. The Bertz CT molecular complexity index is 393. The van der Waals surface area contributed by atoms with Gasteiger partial charge in [-0.1, -0.05) is 0 Å². The van der Waals surface area contributed by atoms with Crippen LogP contribution in [0.15, 0.2) is 0 Å². The number of amides is 1. The summed E-state index contributed by atoms with van der Waals surface area (Å²) in [6.45, 7) is 4.01. The third-order valence-electron chi connectivity index (χ3n) is 2.50. The number of nitrogens with one attached hydrogen (secondary N) is 2. The molecule has 94 valence electrons. The minimum absolute atomic E-state index is 0.124. The van der Waals surface area contributed by atoms with Gasteiger partial charge < -0.3 is 10.1 Å². The predicted molar refractivity (Wildman–Crippen MR) is 61.4 cm³/mol. The number of rotatable bonds is 5. The van der Waals surface area contributed by atoms with Crippen LogP contribution in [0.25, 0.3) is 0 Å². The summed E-state index contributed by atoms with van der Waals surface area (Å²) in [5, 5.41) is 9.49. The van der Waals surface area contributed by atoms with Crippen molar-refractivity contribution in [1.29, 1.82) is 0 Å². The van der Waals surface area contributed by atoms with Gasteiger partial charge in [0.2, 0.25) is 5.91 Å². The predicted octanol–water partition coefficient (Wildman–Crippen LogP) is 0.248. The number of carbonyl (C=O) groups excluding carboxylic acids is 2. The summed E-state index contributed by atoms with van der Waals surface area (Å²) in [7, 11) is 1.32. The largest absolute Gasteiger partial charge is 0.469 e. The molecule has 0 unspecified atom stereocenters. The Kier molecular flexibility index (Phi) is 4.68. The molecule has 0 fully saturated rings. The molecule has 6 nitrogen and oxygen atoms in total. The molecule has 0 aliphatic carbocycles. The number of esters is 1. The highest BCUT2D eigenvalue weighted by molar-refractivity contribution is 5.79. The monoisotopic (exact) mass is 239 g/mol. The van der Waals surface area contributed by atoms with Crippen molar-refractivity contribution in [2.75, 3.05) is 13.7 Å². The van der Waals surface area contributed by atoms with Crippen LogP contribution < -0.4 is 5.32 Å². The van der Waals surface area contributed by atoms with Crippen LogP contribution >= 0.6 is 0 Å². The number of aromatic nitrogens is 2. The molecular formula is C11H17N3O3. The first-order valence-corrected chi connectivity index (χ1v) is 5.38. The first kappa shape index (κ1) is 13.2. The standard InChI is InChI=1S/C11H17N3O3/c1-7-9(8(2)14-13-7)6-10(15)12-5-4-11(16)17-3/h4-6H2,1-3H3,(H,12,15)(H,13,14). The maximum absolute atomic E-state index is 11.6. The summed E-state index contributed by atoms with van der Waals surface area (Å²) in [4.78, 5) is 22.4. The van der Waals surface area contributed by atoms with Gasteiger partial charge >= 0.3 is 5.97 Å². The van der Waals surface area contributed by atoms with Gasteiger partial charge in [-0.2, -0.15) is 5.10 Å². The molecule has 0 atom stereocenters. The molecule has 17 heavy (non-hydrogen) atoms. The van der Waals surface area contributed by atoms with E-state index in [9.17, 15) is 9.59 Å². The van der Waals surface area contributed by atoms with Gasteiger partial charge in [-0.3, -0.25) is 14.7 Å². The Balaban J connectivity index is 2.38. The number of aryl methyl sites for hydroxylation is 2. The molecule has 0 aromatic carbocycles. The quantitative estimate of drug-likeness (QED) is 0.721. The fraction of sp³-hybridized carbons (Fsp3) is 0.545. The molecule has 1 amide bonds. The molecule has 1 aromatic heterocycles. The summed E-state index contributed by atoms with van der Waals surface area (Å²) in [5.41, 5.74) is 2.62. The second-order valence-corrected chi connectivity index (χ2v) is 3.77. The fourth-order valence-electron chi connectivity index (χ4n) is 1.46. The van der Waals surface area contributed by atoms with E-state index in [4.69, 9.17) is 0 Å². The first-order valence-electron chi connectivity index (χ1n) is 5.38. The summed E-state index contributed by atoms with van der Waals surface area (Å²) >= 11 is 0. The van der Waals surface area contributed by atoms with E-state index in [1.54, 1.807) is 0 Å². The van der Waals surface area contributed by atoms with E-state index < -0.39 is 0 Å². The zero-order chi connectivity index (χ0) is 12.8. The van der Waals surface area contributed by atoms with Crippen LogP contribution in [0.1, 0.15) is 23.4 Å². The van der Waals surface area contributed by atoms with E-state index in [1.807, 2.05) is 13.8 Å². The Morgan fingerprint density at radius 3 is 2.65 bits per heavy atom. The molecule has 1 rings (SSSR count). The van der Waals surface area contributed by atoms with Crippen molar-refractivity contribution in [3.8, 4) is 0 Å². The van der Waals surface area contributed by atoms with E-state index in [2.05, 4.69) is 20.3 Å². The van der Waals surface area contributed by atoms with Crippen LogP contribution in [0.4, 0.5) is 0 Å². The van der Waals surface area contributed by atoms with Crippen molar-refractivity contribution in [3.63, 3.8) is 0 Å². The van der Waals surface area contributed by atoms with Gasteiger partial charge in [-0.25, -0.2) is 0 Å². The highest BCUT2D eigenvalue weighted by Crippen LogP contribution is 2.09. The molecule has 0 saturated heterocycles. The normalized spacial score (nSPS) is 10.1. The van der Waals surface area contributed by atoms with E-state index >= 15 is 0 Å². The number of H-pyrrole nitrogens is 1. The second kappa shape index (κ2) is 6.03. The van der Waals surface area contributed by atoms with Crippen LogP contribution in [-0.2, 0) is 20.7 Å². The highest BCUT2D eigenvalue weighted by Gasteiger charge is 2.11. The SMILES string of the molecule is COC(=O)CCNC(=O)Cc1c(C)n[nH]c1C. The smallest absolute Gasteiger partial charge is 0.307 e. The Morgan fingerprint density at radius 2 is 2.12 bits per heavy atom. The van der Waals surface area contributed by atoms with Crippen molar-refractivity contribution in [1.82, 2.24) is 15.5 Å². The van der Waals surface area contributed by atoms with Crippen LogP contribution in [-0.4, -0.2) is 35.7 Å². The van der Waals surface area contributed by atoms with Crippen LogP contribution in [0.2, 0.25) is 0 Å². The third kappa shape index (κ3) is 3.90. The molecule has 0 radical (unpaired) electrons. The molecule has 0 bridgehead atoms. The zero-order valence-electron chi connectivity index (χ0n) is 10.3. The van der Waals surface area contributed by atoms with E-state index in [0.717, 1.165) is 17.0 Å². The minimum atomic E-state index is -0.332. The molecule has 0 aliphatic rings. The summed E-state index contributed by atoms with van der Waals surface area (Å²) in [5.74, 6) is -0.456. The minimum Gasteiger partial charge on any atom is -0.469 e. The van der Waals surface area contributed by atoms with Gasteiger partial charge in [0.1, 0.15) is 0 Å². The molecule has 0 aliphatic heterocycles. The number of hydrogen-bond acceptors (Lipinski definition) is 4. The lowest BCUT2D eigenvalue weighted by molar-refractivity contribution is -0.140. The fourth-order valence-corrected chi connectivity index (χ4v) is 1.46. The van der Waals surface area contributed by atoms with Gasteiger partial charge in [0.15, 0.2) is 0 Å². The summed E-state index contributed by atoms with van der Waals surface area (Å²) in [6.07, 6.45) is 0.459. The molecule has 6 heteroatoms. The molecule has 0 saturated carbocycles. The van der Waals surface area contributed by atoms with Gasteiger partial charge in [-0.05, 0) is 13.8 Å². The first-order chi connectivity index (χ1) is 8.04. The van der Waals surface area contributed by atoms with Gasteiger partial charge in [-0.15, -0.1) is 0 Å². The molecular weight excluding hydrogens is 222 g/mol. The maximum Gasteiger partial charge on any atom is 0.307 e. The van der Waals surface area contributed by atoms with Gasteiger partial charge in [0.05, 0.1) is 25.6 Å². The number of methoxy groups -OCH3 is 1. The van der Waals surface area contributed by atoms with Crippen molar-refractivity contribution >= 4 is 11.9 Å². The number of carbonyl (C=O) groups is 2. The topological polar surface area (TPSA) is 84.1 Å². The average Bonchev–Trinajstić information content (AvgIpc) is 2.60. The van der Waals surface area contributed by atoms with Crippen molar-refractivity contribution in [3.05, 3.63) is 17.0 Å². The molecule has 1 aromatic rings. The van der Waals surface area contributed by atoms with Crippen molar-refractivity contribution < 1.29 is 14.3 Å². The van der Waals surface area contributed by atoms with E-state index in [0.29, 0.717) is 6.54 Å². The average molecular weight is 239 g/mol. The van der Waals surface area contributed by atoms with Gasteiger partial charge in [0.25, 0.3) is 0 Å². The van der Waals surface area contributed by atoms with Crippen LogP contribution in [0.3, 0.4) is 0 Å². The van der Waals surface area contributed by atoms with Crippen LogP contribution in [0, 0.1) is 13.8 Å². The summed E-state index contributed by atoms with van der Waals surface area (Å²) < 4.78 is 4.47. The van der Waals surface area contributed by atoms with Crippen LogP contribution in [0.5, 0.6) is 0 Å². The Morgan fingerprint density at radius 1 is 1.41 bits per heavy atom. The van der Waals surface area contributed by atoms with Gasteiger partial charge in [0, 0.05) is 17.8 Å². The molecule has 0 spiro atoms. The number of hydrogen-bond donors (Lipinski definition) is 2. The lowest BCUT2D eigenvalue weighted by Gasteiger charge is -2.04. The molecule has 2 N–H and O–H groups in total. The number of nitrogens with zero attached hydrogens (tertiary/aromatic N) is 1. The lowest BCUT2D eigenvalue weighted by Crippen LogP contribution is -2.28. The zero-order valence-corrected chi connectivity index (χ0v) is 10.3.